The van der Waals surface area contributed by atoms with Crippen molar-refractivity contribution >= 4 is 39.5 Å². The minimum atomic E-state index is -0.639. The molecule has 0 N–H and O–H groups in total. The number of carbonyl (C=O) groups excluding carboxylic acids is 2. The average molecular weight is 400 g/mol. The Kier molecular flexibility index (Phi) is 5.63. The number of carbonyl (C=O) groups is 2. The van der Waals surface area contributed by atoms with Crippen LogP contribution in [0.25, 0.3) is 0 Å². The first kappa shape index (κ1) is 17.3. The third-order valence-electron chi connectivity index (χ3n) is 2.94. The fraction of sp³-hybridized carbons (Fsp3) is 0.125. The molecule has 0 aliphatic carbocycles. The molecule has 0 saturated carbocycles. The zero-order valence-corrected chi connectivity index (χ0v) is 14.6. The number of hydrogen-bond donors (Lipinski definition) is 0. The summed E-state index contributed by atoms with van der Waals surface area (Å²) in [5.74, 6) is -0.759. The smallest absolute Gasteiger partial charge is 0.345 e. The summed E-state index contributed by atoms with van der Waals surface area (Å²) in [4.78, 5) is 23.8. The lowest BCUT2D eigenvalue weighted by molar-refractivity contribution is 0.0600. The number of ether oxygens (including phenoxy) is 3. The van der Waals surface area contributed by atoms with Crippen molar-refractivity contribution in [2.45, 2.75) is 0 Å². The topological polar surface area (TPSA) is 61.8 Å². The average Bonchev–Trinajstić information content (AvgIpc) is 2.56. The van der Waals surface area contributed by atoms with Gasteiger partial charge in [0.1, 0.15) is 0 Å². The third-order valence-corrected chi connectivity index (χ3v) is 3.76. The maximum Gasteiger partial charge on any atom is 0.345 e. The summed E-state index contributed by atoms with van der Waals surface area (Å²) in [7, 11) is 2.68. The summed E-state index contributed by atoms with van der Waals surface area (Å²) in [6.07, 6.45) is 0. The van der Waals surface area contributed by atoms with Crippen molar-refractivity contribution in [1.82, 2.24) is 0 Å². The van der Waals surface area contributed by atoms with Crippen LogP contribution in [0.3, 0.4) is 0 Å². The molecule has 0 heterocycles. The molecule has 0 aliphatic heterocycles. The monoisotopic (exact) mass is 398 g/mol. The van der Waals surface area contributed by atoms with Crippen molar-refractivity contribution in [2.75, 3.05) is 14.2 Å². The molecular weight excluding hydrogens is 388 g/mol. The van der Waals surface area contributed by atoms with E-state index in [9.17, 15) is 9.59 Å². The Morgan fingerprint density at radius 2 is 1.74 bits per heavy atom. The van der Waals surface area contributed by atoms with Crippen LogP contribution in [-0.2, 0) is 4.74 Å². The molecular formula is C16H12BrClO5. The van der Waals surface area contributed by atoms with E-state index in [1.165, 1.54) is 32.4 Å². The molecule has 0 unspecified atom stereocenters. The van der Waals surface area contributed by atoms with Gasteiger partial charge in [-0.2, -0.15) is 0 Å². The molecule has 0 saturated heterocycles. The number of esters is 2. The molecule has 0 atom stereocenters. The molecule has 0 aliphatic rings. The van der Waals surface area contributed by atoms with Gasteiger partial charge in [-0.05, 0) is 36.4 Å². The van der Waals surface area contributed by atoms with Crippen LogP contribution in [0.15, 0.2) is 40.9 Å². The minimum Gasteiger partial charge on any atom is -0.493 e. The largest absolute Gasteiger partial charge is 0.493 e. The van der Waals surface area contributed by atoms with Gasteiger partial charge in [-0.25, -0.2) is 9.59 Å². The summed E-state index contributed by atoms with van der Waals surface area (Å²) >= 11 is 9.27. The Hall–Kier alpha value is -2.05. The Morgan fingerprint density at radius 1 is 1.00 bits per heavy atom. The van der Waals surface area contributed by atoms with Gasteiger partial charge in [0.2, 0.25) is 0 Å². The highest BCUT2D eigenvalue weighted by atomic mass is 79.9. The van der Waals surface area contributed by atoms with Gasteiger partial charge in [0.25, 0.3) is 0 Å². The Morgan fingerprint density at radius 3 is 2.39 bits per heavy atom. The lowest BCUT2D eigenvalue weighted by atomic mass is 10.2. The van der Waals surface area contributed by atoms with Crippen LogP contribution in [0, 0.1) is 0 Å². The quantitative estimate of drug-likeness (QED) is 0.572. The second-order valence-electron chi connectivity index (χ2n) is 4.37. The molecule has 2 rings (SSSR count). The van der Waals surface area contributed by atoms with Gasteiger partial charge in [-0.3, -0.25) is 0 Å². The standard InChI is InChI=1S/C16H12BrClO5/c1-21-14-7-9(15(19)22-2)3-6-13(14)23-16(20)11-8-10(17)4-5-12(11)18/h3-8H,1-2H3. The van der Waals surface area contributed by atoms with Crippen molar-refractivity contribution in [3.05, 3.63) is 57.0 Å². The lowest BCUT2D eigenvalue weighted by Gasteiger charge is -2.11. The highest BCUT2D eigenvalue weighted by Gasteiger charge is 2.17. The second-order valence-corrected chi connectivity index (χ2v) is 5.69. The molecule has 0 aromatic heterocycles. The first-order chi connectivity index (χ1) is 11.0. The van der Waals surface area contributed by atoms with E-state index in [2.05, 4.69) is 20.7 Å². The van der Waals surface area contributed by atoms with E-state index in [1.807, 2.05) is 0 Å². The fourth-order valence-corrected chi connectivity index (χ4v) is 2.36. The zero-order chi connectivity index (χ0) is 17.0. The minimum absolute atomic E-state index is 0.168. The third kappa shape index (κ3) is 4.03. The van der Waals surface area contributed by atoms with Crippen LogP contribution >= 0.6 is 27.5 Å². The van der Waals surface area contributed by atoms with Gasteiger partial charge in [-0.15, -0.1) is 0 Å². The zero-order valence-electron chi connectivity index (χ0n) is 12.3. The van der Waals surface area contributed by atoms with Crippen LogP contribution in [0.5, 0.6) is 11.5 Å². The number of benzene rings is 2. The lowest BCUT2D eigenvalue weighted by Crippen LogP contribution is -2.10. The molecule has 2 aromatic carbocycles. The number of halogens is 2. The van der Waals surface area contributed by atoms with Gasteiger partial charge in [0.05, 0.1) is 30.4 Å². The molecule has 0 spiro atoms. The van der Waals surface area contributed by atoms with Crippen LogP contribution < -0.4 is 9.47 Å². The van der Waals surface area contributed by atoms with Crippen molar-refractivity contribution in [3.8, 4) is 11.5 Å². The highest BCUT2D eigenvalue weighted by Crippen LogP contribution is 2.30. The Balaban J connectivity index is 2.30. The summed E-state index contributed by atoms with van der Waals surface area (Å²) < 4.78 is 15.8. The van der Waals surface area contributed by atoms with E-state index in [4.69, 9.17) is 21.1 Å². The van der Waals surface area contributed by atoms with Crippen LogP contribution in [0.4, 0.5) is 0 Å². The van der Waals surface area contributed by atoms with E-state index < -0.39 is 11.9 Å². The number of hydrogen-bond acceptors (Lipinski definition) is 5. The van der Waals surface area contributed by atoms with E-state index in [0.717, 1.165) is 0 Å². The van der Waals surface area contributed by atoms with E-state index in [0.29, 0.717) is 4.47 Å². The van der Waals surface area contributed by atoms with Gasteiger partial charge in [0, 0.05) is 4.47 Å². The maximum atomic E-state index is 12.3. The molecule has 2 aromatic rings. The molecule has 120 valence electrons. The summed E-state index contributed by atoms with van der Waals surface area (Å²) in [6, 6.07) is 9.20. The van der Waals surface area contributed by atoms with Crippen LogP contribution in [0.1, 0.15) is 20.7 Å². The van der Waals surface area contributed by atoms with Crippen LogP contribution in [-0.4, -0.2) is 26.2 Å². The summed E-state index contributed by atoms with van der Waals surface area (Å²) in [5.41, 5.74) is 0.491. The predicted molar refractivity (Wildman–Crippen MR) is 88.4 cm³/mol. The maximum absolute atomic E-state index is 12.3. The van der Waals surface area contributed by atoms with Crippen LogP contribution in [0.2, 0.25) is 5.02 Å². The van der Waals surface area contributed by atoms with Gasteiger partial charge < -0.3 is 14.2 Å². The van der Waals surface area contributed by atoms with E-state index >= 15 is 0 Å². The van der Waals surface area contributed by atoms with E-state index in [1.54, 1.807) is 18.2 Å². The molecule has 5 nitrogen and oxygen atoms in total. The SMILES string of the molecule is COC(=O)c1ccc(OC(=O)c2cc(Br)ccc2Cl)c(OC)c1. The predicted octanol–water partition coefficient (Wildman–Crippen LogP) is 4.12. The van der Waals surface area contributed by atoms with Crippen molar-refractivity contribution in [1.29, 1.82) is 0 Å². The van der Waals surface area contributed by atoms with E-state index in [-0.39, 0.29) is 27.6 Å². The normalized spacial score (nSPS) is 10.1. The first-order valence-corrected chi connectivity index (χ1v) is 7.57. The summed E-state index contributed by atoms with van der Waals surface area (Å²) in [5, 5.41) is 0.267. The van der Waals surface area contributed by atoms with Gasteiger partial charge in [0.15, 0.2) is 11.5 Å². The number of methoxy groups -OCH3 is 2. The van der Waals surface area contributed by atoms with Crippen molar-refractivity contribution in [2.24, 2.45) is 0 Å². The molecule has 0 bridgehead atoms. The number of rotatable bonds is 4. The van der Waals surface area contributed by atoms with Gasteiger partial charge >= 0.3 is 11.9 Å². The molecule has 0 fully saturated rings. The molecule has 0 radical (unpaired) electrons. The van der Waals surface area contributed by atoms with Crippen molar-refractivity contribution in [3.63, 3.8) is 0 Å². The summed E-state index contributed by atoms with van der Waals surface area (Å²) in [6.45, 7) is 0. The Labute approximate surface area is 146 Å². The molecule has 23 heavy (non-hydrogen) atoms. The molecule has 7 heteroatoms. The highest BCUT2D eigenvalue weighted by molar-refractivity contribution is 9.10. The fourth-order valence-electron chi connectivity index (χ4n) is 1.81. The second kappa shape index (κ2) is 7.48. The first-order valence-electron chi connectivity index (χ1n) is 6.40. The van der Waals surface area contributed by atoms with Crippen molar-refractivity contribution < 1.29 is 23.8 Å². The van der Waals surface area contributed by atoms with Gasteiger partial charge in [-0.1, -0.05) is 27.5 Å². The Bertz CT molecular complexity index is 760. The molecule has 0 amide bonds.